The molecule has 2 unspecified atom stereocenters. The lowest BCUT2D eigenvalue weighted by molar-refractivity contribution is -0.122. The van der Waals surface area contributed by atoms with Gasteiger partial charge in [0, 0.05) is 17.5 Å². The van der Waals surface area contributed by atoms with E-state index in [9.17, 15) is 9.59 Å². The second-order valence-corrected chi connectivity index (χ2v) is 4.63. The topological polar surface area (TPSA) is 63.4 Å². The van der Waals surface area contributed by atoms with Crippen LogP contribution in [0.3, 0.4) is 0 Å². The maximum Gasteiger partial charge on any atom is 0.237 e. The highest BCUT2D eigenvalue weighted by atomic mass is 16.2. The highest BCUT2D eigenvalue weighted by Gasteiger charge is 2.43. The first kappa shape index (κ1) is 11.6. The van der Waals surface area contributed by atoms with Crippen molar-refractivity contribution in [3.63, 3.8) is 0 Å². The van der Waals surface area contributed by atoms with Crippen LogP contribution in [0.15, 0.2) is 18.2 Å². The van der Waals surface area contributed by atoms with Gasteiger partial charge in [-0.15, -0.1) is 0 Å². The number of carbonyl (C=O) groups is 2. The standard InChI is InChI=1S/C13H16N2O2/c1-7-4-5-10(6-11(7)14)15-12(16)8(2)9(3)13(15)17/h4-6,8-9H,14H2,1-3H3. The van der Waals surface area contributed by atoms with Gasteiger partial charge in [-0.25, -0.2) is 4.90 Å². The van der Waals surface area contributed by atoms with E-state index >= 15 is 0 Å². The van der Waals surface area contributed by atoms with Crippen LogP contribution < -0.4 is 10.6 Å². The van der Waals surface area contributed by atoms with Gasteiger partial charge in [-0.1, -0.05) is 19.9 Å². The van der Waals surface area contributed by atoms with Gasteiger partial charge in [0.1, 0.15) is 0 Å². The normalized spacial score (nSPS) is 24.5. The Hall–Kier alpha value is -1.84. The second kappa shape index (κ2) is 3.87. The van der Waals surface area contributed by atoms with Gasteiger partial charge in [0.15, 0.2) is 0 Å². The summed E-state index contributed by atoms with van der Waals surface area (Å²) in [5.74, 6) is -0.813. The van der Waals surface area contributed by atoms with Gasteiger partial charge in [0.25, 0.3) is 0 Å². The summed E-state index contributed by atoms with van der Waals surface area (Å²) in [5.41, 5.74) is 7.90. The third-order valence-electron chi connectivity index (χ3n) is 3.49. The fraction of sp³-hybridized carbons (Fsp3) is 0.385. The fourth-order valence-electron chi connectivity index (χ4n) is 1.97. The Bertz CT molecular complexity index is 476. The average Bonchev–Trinajstić information content (AvgIpc) is 2.48. The number of nitrogens with two attached hydrogens (primary N) is 1. The van der Waals surface area contributed by atoms with Crippen LogP contribution in [-0.2, 0) is 9.59 Å². The molecule has 0 radical (unpaired) electrons. The summed E-state index contributed by atoms with van der Waals surface area (Å²) >= 11 is 0. The van der Waals surface area contributed by atoms with Crippen molar-refractivity contribution in [1.82, 2.24) is 0 Å². The van der Waals surface area contributed by atoms with E-state index in [2.05, 4.69) is 0 Å². The Labute approximate surface area is 100 Å². The third kappa shape index (κ3) is 1.69. The van der Waals surface area contributed by atoms with E-state index in [0.29, 0.717) is 11.4 Å². The van der Waals surface area contributed by atoms with Crippen LogP contribution in [0.2, 0.25) is 0 Å². The van der Waals surface area contributed by atoms with Gasteiger partial charge in [0.2, 0.25) is 11.8 Å². The SMILES string of the molecule is Cc1ccc(N2C(=O)C(C)C(C)C2=O)cc1N. The highest BCUT2D eigenvalue weighted by Crippen LogP contribution is 2.31. The minimum atomic E-state index is -0.259. The molecular weight excluding hydrogens is 216 g/mol. The molecule has 1 aromatic carbocycles. The first-order chi connectivity index (χ1) is 7.93. The second-order valence-electron chi connectivity index (χ2n) is 4.63. The average molecular weight is 232 g/mol. The zero-order valence-corrected chi connectivity index (χ0v) is 10.2. The quantitative estimate of drug-likeness (QED) is 0.592. The van der Waals surface area contributed by atoms with Crippen LogP contribution in [0, 0.1) is 18.8 Å². The van der Waals surface area contributed by atoms with Gasteiger partial charge in [-0.05, 0) is 24.6 Å². The number of benzene rings is 1. The molecule has 90 valence electrons. The predicted molar refractivity (Wildman–Crippen MR) is 66.4 cm³/mol. The van der Waals surface area contributed by atoms with Gasteiger partial charge in [0.05, 0.1) is 5.69 Å². The molecule has 1 aliphatic rings. The van der Waals surface area contributed by atoms with Gasteiger partial charge < -0.3 is 5.73 Å². The molecule has 4 nitrogen and oxygen atoms in total. The summed E-state index contributed by atoms with van der Waals surface area (Å²) in [4.78, 5) is 25.2. The minimum Gasteiger partial charge on any atom is -0.398 e. The first-order valence-corrected chi connectivity index (χ1v) is 5.67. The van der Waals surface area contributed by atoms with Crippen molar-refractivity contribution in [3.8, 4) is 0 Å². The molecule has 0 saturated carbocycles. The van der Waals surface area contributed by atoms with Crippen molar-refractivity contribution < 1.29 is 9.59 Å². The number of rotatable bonds is 1. The summed E-state index contributed by atoms with van der Waals surface area (Å²) in [6.45, 7) is 5.45. The van der Waals surface area contributed by atoms with Crippen molar-refractivity contribution >= 4 is 23.2 Å². The molecule has 4 heteroatoms. The van der Waals surface area contributed by atoms with Crippen LogP contribution in [-0.4, -0.2) is 11.8 Å². The lowest BCUT2D eigenvalue weighted by Crippen LogP contribution is -2.30. The zero-order chi connectivity index (χ0) is 12.7. The summed E-state index contributed by atoms with van der Waals surface area (Å²) in [6, 6.07) is 5.25. The van der Waals surface area contributed by atoms with E-state index in [0.717, 1.165) is 5.56 Å². The Morgan fingerprint density at radius 3 is 2.12 bits per heavy atom. The van der Waals surface area contributed by atoms with Crippen LogP contribution >= 0.6 is 0 Å². The fourth-order valence-corrected chi connectivity index (χ4v) is 1.97. The molecule has 0 aromatic heterocycles. The molecule has 1 fully saturated rings. The molecule has 2 rings (SSSR count). The van der Waals surface area contributed by atoms with E-state index < -0.39 is 0 Å². The molecule has 0 aliphatic carbocycles. The van der Waals surface area contributed by atoms with Crippen molar-refractivity contribution in [2.24, 2.45) is 11.8 Å². The number of aryl methyl sites for hydroxylation is 1. The molecule has 1 aliphatic heterocycles. The number of nitrogen functional groups attached to an aromatic ring is 1. The zero-order valence-electron chi connectivity index (χ0n) is 10.2. The molecule has 1 aromatic rings. The predicted octanol–water partition coefficient (Wildman–Crippen LogP) is 1.72. The van der Waals surface area contributed by atoms with Gasteiger partial charge in [-0.3, -0.25) is 9.59 Å². The summed E-state index contributed by atoms with van der Waals surface area (Å²) in [5, 5.41) is 0. The molecule has 2 atom stereocenters. The summed E-state index contributed by atoms with van der Waals surface area (Å²) < 4.78 is 0. The number of hydrogen-bond donors (Lipinski definition) is 1. The molecule has 0 bridgehead atoms. The molecule has 2 amide bonds. The molecule has 0 spiro atoms. The van der Waals surface area contributed by atoms with Gasteiger partial charge in [-0.2, -0.15) is 0 Å². The molecule has 1 saturated heterocycles. The van der Waals surface area contributed by atoms with Crippen molar-refractivity contribution in [1.29, 1.82) is 0 Å². The maximum absolute atomic E-state index is 12.0. The molecule has 1 heterocycles. The van der Waals surface area contributed by atoms with E-state index in [1.807, 2.05) is 13.0 Å². The van der Waals surface area contributed by atoms with Crippen molar-refractivity contribution in [2.45, 2.75) is 20.8 Å². The van der Waals surface area contributed by atoms with Crippen molar-refractivity contribution in [2.75, 3.05) is 10.6 Å². The maximum atomic E-state index is 12.0. The van der Waals surface area contributed by atoms with Crippen LogP contribution in [0.5, 0.6) is 0 Å². The first-order valence-electron chi connectivity index (χ1n) is 5.67. The van der Waals surface area contributed by atoms with E-state index in [1.165, 1.54) is 4.90 Å². The van der Waals surface area contributed by atoms with Crippen LogP contribution in [0.4, 0.5) is 11.4 Å². The Kier molecular flexibility index (Phi) is 2.65. The van der Waals surface area contributed by atoms with Gasteiger partial charge >= 0.3 is 0 Å². The largest absolute Gasteiger partial charge is 0.398 e. The summed E-state index contributed by atoms with van der Waals surface area (Å²) in [7, 11) is 0. The number of anilines is 2. The van der Waals surface area contributed by atoms with Crippen molar-refractivity contribution in [3.05, 3.63) is 23.8 Å². The van der Waals surface area contributed by atoms with E-state index in [-0.39, 0.29) is 23.7 Å². The smallest absolute Gasteiger partial charge is 0.237 e. The van der Waals surface area contributed by atoms with Crippen LogP contribution in [0.25, 0.3) is 0 Å². The Balaban J connectivity index is 2.43. The monoisotopic (exact) mass is 232 g/mol. The number of imide groups is 1. The Morgan fingerprint density at radius 2 is 1.65 bits per heavy atom. The number of carbonyl (C=O) groups excluding carboxylic acids is 2. The minimum absolute atomic E-state index is 0.147. The molecule has 17 heavy (non-hydrogen) atoms. The number of nitrogens with zero attached hydrogens (tertiary/aromatic N) is 1. The lowest BCUT2D eigenvalue weighted by atomic mass is 10.00. The lowest BCUT2D eigenvalue weighted by Gasteiger charge is -2.15. The molecular formula is C13H16N2O2. The highest BCUT2D eigenvalue weighted by molar-refractivity contribution is 6.21. The third-order valence-corrected chi connectivity index (χ3v) is 3.49. The van der Waals surface area contributed by atoms with E-state index in [1.54, 1.807) is 26.0 Å². The Morgan fingerprint density at radius 1 is 1.12 bits per heavy atom. The number of amides is 2. The van der Waals surface area contributed by atoms with Crippen LogP contribution in [0.1, 0.15) is 19.4 Å². The molecule has 2 N–H and O–H groups in total. The summed E-state index contributed by atoms with van der Waals surface area (Å²) in [6.07, 6.45) is 0. The number of hydrogen-bond acceptors (Lipinski definition) is 3. The van der Waals surface area contributed by atoms with E-state index in [4.69, 9.17) is 5.73 Å².